The Hall–Kier alpha value is -1.56. The van der Waals surface area contributed by atoms with Crippen molar-refractivity contribution in [2.45, 2.75) is 47.0 Å². The van der Waals surface area contributed by atoms with Crippen molar-refractivity contribution in [1.29, 1.82) is 0 Å². The normalized spacial score (nSPS) is 12.6. The van der Waals surface area contributed by atoms with Gasteiger partial charge in [-0.25, -0.2) is 0 Å². The highest BCUT2D eigenvalue weighted by Gasteiger charge is 2.22. The van der Waals surface area contributed by atoms with Crippen LogP contribution in [0.1, 0.15) is 47.1 Å². The number of hydrogen-bond donors (Lipinski definition) is 0. The Kier molecular flexibility index (Phi) is 8.61. The Labute approximate surface area is 119 Å². The number of hydrogen-bond acceptors (Lipinski definition) is 0. The Bertz CT molecular complexity index is 417. The molecule has 0 aromatic heterocycles. The average Bonchev–Trinajstić information content (AvgIpc) is 2.46. The summed E-state index contributed by atoms with van der Waals surface area (Å²) in [6.45, 7) is 12.7. The van der Waals surface area contributed by atoms with Crippen LogP contribution in [0.4, 0.5) is 0 Å². The van der Waals surface area contributed by atoms with Crippen LogP contribution in [0.15, 0.2) is 66.3 Å². The molecule has 1 aromatic carbocycles. The van der Waals surface area contributed by atoms with Crippen LogP contribution in [0.2, 0.25) is 0 Å². The first-order valence-corrected chi connectivity index (χ1v) is 7.14. The third kappa shape index (κ3) is 5.30. The molecule has 0 aliphatic rings. The minimum Gasteiger partial charge on any atom is -0.0877 e. The van der Waals surface area contributed by atoms with Gasteiger partial charge in [-0.3, -0.25) is 0 Å². The highest BCUT2D eigenvalue weighted by atomic mass is 14.3. The lowest BCUT2D eigenvalue weighted by Gasteiger charge is -2.27. The van der Waals surface area contributed by atoms with E-state index in [0.717, 1.165) is 0 Å². The zero-order chi connectivity index (χ0) is 14.7. The SMILES string of the molecule is CC.C\C=C/C=C\C(=C/C)C(C)(C)c1ccccc1. The predicted molar refractivity (Wildman–Crippen MR) is 88.5 cm³/mol. The van der Waals surface area contributed by atoms with E-state index >= 15 is 0 Å². The molecule has 0 nitrogen and oxygen atoms in total. The Morgan fingerprint density at radius 3 is 2.00 bits per heavy atom. The number of benzene rings is 1. The van der Waals surface area contributed by atoms with Gasteiger partial charge in [-0.1, -0.05) is 88.4 Å². The Morgan fingerprint density at radius 1 is 0.947 bits per heavy atom. The molecule has 0 fully saturated rings. The molecule has 0 atom stereocenters. The van der Waals surface area contributed by atoms with Crippen LogP contribution >= 0.6 is 0 Å². The van der Waals surface area contributed by atoms with Crippen molar-refractivity contribution in [3.63, 3.8) is 0 Å². The van der Waals surface area contributed by atoms with Crippen LogP contribution in [-0.4, -0.2) is 0 Å². The van der Waals surface area contributed by atoms with E-state index in [4.69, 9.17) is 0 Å². The van der Waals surface area contributed by atoms with E-state index in [2.05, 4.69) is 75.4 Å². The molecule has 0 amide bonds. The molecule has 0 saturated heterocycles. The van der Waals surface area contributed by atoms with Crippen molar-refractivity contribution in [3.05, 3.63) is 71.8 Å². The highest BCUT2D eigenvalue weighted by molar-refractivity contribution is 5.40. The summed E-state index contributed by atoms with van der Waals surface area (Å²) < 4.78 is 0. The number of allylic oxidation sites excluding steroid dienone is 6. The first-order chi connectivity index (χ1) is 9.12. The molecule has 0 heteroatoms. The third-order valence-electron chi connectivity index (χ3n) is 3.11. The zero-order valence-electron chi connectivity index (χ0n) is 13.3. The predicted octanol–water partition coefficient (Wildman–Crippen LogP) is 6.07. The van der Waals surface area contributed by atoms with E-state index < -0.39 is 0 Å². The molecular formula is C19H28. The van der Waals surface area contributed by atoms with Gasteiger partial charge >= 0.3 is 0 Å². The molecule has 0 N–H and O–H groups in total. The molecule has 0 aliphatic heterocycles. The van der Waals surface area contributed by atoms with E-state index in [-0.39, 0.29) is 5.41 Å². The molecule has 0 bridgehead atoms. The number of rotatable bonds is 4. The first kappa shape index (κ1) is 17.4. The van der Waals surface area contributed by atoms with Crippen molar-refractivity contribution >= 4 is 0 Å². The molecule has 1 rings (SSSR count). The molecule has 0 spiro atoms. The van der Waals surface area contributed by atoms with Gasteiger partial charge in [0.2, 0.25) is 0 Å². The van der Waals surface area contributed by atoms with Crippen molar-refractivity contribution in [1.82, 2.24) is 0 Å². The fourth-order valence-electron chi connectivity index (χ4n) is 1.96. The second kappa shape index (κ2) is 9.38. The van der Waals surface area contributed by atoms with Crippen molar-refractivity contribution in [2.75, 3.05) is 0 Å². The van der Waals surface area contributed by atoms with Gasteiger partial charge in [0.15, 0.2) is 0 Å². The molecular weight excluding hydrogens is 228 g/mol. The average molecular weight is 256 g/mol. The summed E-state index contributed by atoms with van der Waals surface area (Å²) in [6, 6.07) is 10.6. The largest absolute Gasteiger partial charge is 0.0877 e. The Balaban J connectivity index is 0.00000154. The summed E-state index contributed by atoms with van der Waals surface area (Å²) in [5.74, 6) is 0. The van der Waals surface area contributed by atoms with Gasteiger partial charge in [0, 0.05) is 5.41 Å². The molecule has 0 radical (unpaired) electrons. The zero-order valence-corrected chi connectivity index (χ0v) is 13.3. The summed E-state index contributed by atoms with van der Waals surface area (Å²) in [7, 11) is 0. The van der Waals surface area contributed by atoms with Gasteiger partial charge in [-0.15, -0.1) is 0 Å². The van der Waals surface area contributed by atoms with Crippen LogP contribution in [0, 0.1) is 0 Å². The molecule has 0 saturated carbocycles. The fraction of sp³-hybridized carbons (Fsp3) is 0.368. The lowest BCUT2D eigenvalue weighted by Crippen LogP contribution is -2.19. The van der Waals surface area contributed by atoms with Gasteiger partial charge < -0.3 is 0 Å². The molecule has 0 aliphatic carbocycles. The quantitative estimate of drug-likeness (QED) is 0.574. The van der Waals surface area contributed by atoms with E-state index in [0.29, 0.717) is 0 Å². The molecule has 104 valence electrons. The van der Waals surface area contributed by atoms with Gasteiger partial charge in [-0.2, -0.15) is 0 Å². The van der Waals surface area contributed by atoms with Crippen molar-refractivity contribution in [3.8, 4) is 0 Å². The maximum atomic E-state index is 2.26. The molecule has 0 heterocycles. The fourth-order valence-corrected chi connectivity index (χ4v) is 1.96. The van der Waals surface area contributed by atoms with E-state index in [1.807, 2.05) is 26.8 Å². The standard InChI is InChI=1S/C17H22.C2H6/c1-5-7-9-12-15(6-2)17(3,4)16-13-10-8-11-14-16;1-2/h5-14H,1-4H3;1-2H3/b7-5-,12-9-,15-6+;. The van der Waals surface area contributed by atoms with E-state index in [9.17, 15) is 0 Å². The van der Waals surface area contributed by atoms with Gasteiger partial charge in [0.25, 0.3) is 0 Å². The summed E-state index contributed by atoms with van der Waals surface area (Å²) in [5, 5.41) is 0. The van der Waals surface area contributed by atoms with E-state index in [1.54, 1.807) is 0 Å². The van der Waals surface area contributed by atoms with Crippen LogP contribution in [0.25, 0.3) is 0 Å². The minimum atomic E-state index is 0.0497. The van der Waals surface area contributed by atoms with Gasteiger partial charge in [-0.05, 0) is 25.0 Å². The van der Waals surface area contributed by atoms with Crippen LogP contribution in [-0.2, 0) is 5.41 Å². The van der Waals surface area contributed by atoms with Crippen molar-refractivity contribution in [2.24, 2.45) is 0 Å². The van der Waals surface area contributed by atoms with Crippen LogP contribution in [0.3, 0.4) is 0 Å². The molecule has 19 heavy (non-hydrogen) atoms. The minimum absolute atomic E-state index is 0.0497. The smallest absolute Gasteiger partial charge is 0.0143 e. The first-order valence-electron chi connectivity index (χ1n) is 7.14. The summed E-state index contributed by atoms with van der Waals surface area (Å²) in [6.07, 6.45) is 10.6. The topological polar surface area (TPSA) is 0 Å². The maximum absolute atomic E-state index is 2.26. The van der Waals surface area contributed by atoms with E-state index in [1.165, 1.54) is 11.1 Å². The second-order valence-corrected chi connectivity index (χ2v) is 4.62. The maximum Gasteiger partial charge on any atom is 0.0143 e. The van der Waals surface area contributed by atoms with Gasteiger partial charge in [0.05, 0.1) is 0 Å². The lowest BCUT2D eigenvalue weighted by molar-refractivity contribution is 0.638. The lowest BCUT2D eigenvalue weighted by atomic mass is 9.77. The highest BCUT2D eigenvalue weighted by Crippen LogP contribution is 2.31. The third-order valence-corrected chi connectivity index (χ3v) is 3.11. The summed E-state index contributed by atoms with van der Waals surface area (Å²) >= 11 is 0. The molecule has 0 unspecified atom stereocenters. The monoisotopic (exact) mass is 256 g/mol. The van der Waals surface area contributed by atoms with Gasteiger partial charge in [0.1, 0.15) is 0 Å². The summed E-state index contributed by atoms with van der Waals surface area (Å²) in [5.41, 5.74) is 2.73. The van der Waals surface area contributed by atoms with Crippen LogP contribution < -0.4 is 0 Å². The molecule has 1 aromatic rings. The van der Waals surface area contributed by atoms with Crippen molar-refractivity contribution < 1.29 is 0 Å². The summed E-state index contributed by atoms with van der Waals surface area (Å²) in [4.78, 5) is 0. The second-order valence-electron chi connectivity index (χ2n) is 4.62. The Morgan fingerprint density at radius 2 is 1.53 bits per heavy atom. The van der Waals surface area contributed by atoms with Crippen LogP contribution in [0.5, 0.6) is 0 Å².